The second-order valence-electron chi connectivity index (χ2n) is 6.16. The Bertz CT molecular complexity index is 1060. The number of fused-ring (bicyclic) bond motifs is 2. The van der Waals surface area contributed by atoms with E-state index >= 15 is 0 Å². The first kappa shape index (κ1) is 18.4. The first-order valence-electron chi connectivity index (χ1n) is 9.12. The van der Waals surface area contributed by atoms with Crippen LogP contribution in [-0.4, -0.2) is 55.0 Å². The first-order chi connectivity index (χ1) is 13.7. The molecule has 2 N–H and O–H groups in total. The Kier molecular flexibility index (Phi) is 5.20. The van der Waals surface area contributed by atoms with Crippen molar-refractivity contribution >= 4 is 41.1 Å². The molecule has 0 bridgehead atoms. The van der Waals surface area contributed by atoms with Crippen molar-refractivity contribution in [2.45, 2.75) is 25.4 Å². The molecule has 3 heterocycles. The van der Waals surface area contributed by atoms with Crippen LogP contribution in [0, 0.1) is 0 Å². The highest BCUT2D eigenvalue weighted by molar-refractivity contribution is 7.99. The molecule has 1 aromatic carbocycles. The number of hydrogen-bond acceptors (Lipinski definition) is 8. The van der Waals surface area contributed by atoms with Gasteiger partial charge in [-0.3, -0.25) is 4.79 Å². The predicted octanol–water partition coefficient (Wildman–Crippen LogP) is 2.31. The molecule has 0 atom stereocenters. The zero-order chi connectivity index (χ0) is 19.5. The number of carbonyl (C=O) groups excluding carboxylic acids is 1. The fourth-order valence-corrected chi connectivity index (χ4v) is 3.83. The van der Waals surface area contributed by atoms with Crippen LogP contribution in [0.1, 0.15) is 29.8 Å². The lowest BCUT2D eigenvalue weighted by Gasteiger charge is -2.14. The molecule has 0 unspecified atom stereocenters. The third-order valence-electron chi connectivity index (χ3n) is 4.19. The number of rotatable bonds is 7. The minimum atomic E-state index is -0.185. The largest absolute Gasteiger partial charge is 0.355 e. The summed E-state index contributed by atoms with van der Waals surface area (Å²) in [4.78, 5) is 25.4. The number of thioether (sulfide) groups is 1. The predicted molar refractivity (Wildman–Crippen MR) is 110 cm³/mol. The van der Waals surface area contributed by atoms with Gasteiger partial charge in [0.1, 0.15) is 0 Å². The number of hydrogen-bond donors (Lipinski definition) is 2. The standard InChI is InChI=1S/C18H20N8OS/c1-3-19-15-22-16(20-4-2)26-17(23-15)24-25-18(26)28-10-12-9-11-7-5-6-8-13(11)14(27)21-12/h5-8H,3-4,9-10H2,1-2H3,(H2,19,20,22,23,24). The van der Waals surface area contributed by atoms with Gasteiger partial charge in [0.05, 0.1) is 0 Å². The lowest BCUT2D eigenvalue weighted by Crippen LogP contribution is -2.18. The summed E-state index contributed by atoms with van der Waals surface area (Å²) < 4.78 is 1.79. The molecule has 0 saturated carbocycles. The molecule has 0 saturated heterocycles. The van der Waals surface area contributed by atoms with E-state index in [0.717, 1.165) is 11.3 Å². The second-order valence-corrected chi connectivity index (χ2v) is 7.10. The molecule has 1 amide bonds. The van der Waals surface area contributed by atoms with E-state index in [4.69, 9.17) is 0 Å². The average Bonchev–Trinajstić information content (AvgIpc) is 3.10. The molecule has 0 fully saturated rings. The van der Waals surface area contributed by atoms with Crippen LogP contribution in [0.5, 0.6) is 0 Å². The third-order valence-corrected chi connectivity index (χ3v) is 5.19. The van der Waals surface area contributed by atoms with Crippen LogP contribution in [0.2, 0.25) is 0 Å². The summed E-state index contributed by atoms with van der Waals surface area (Å²) in [5.41, 5.74) is 2.51. The number of aromatic nitrogens is 5. The Balaban J connectivity index is 1.58. The fraction of sp³-hybridized carbons (Fsp3) is 0.333. The topological polar surface area (TPSA) is 109 Å². The van der Waals surface area contributed by atoms with E-state index in [1.54, 1.807) is 4.40 Å². The Morgan fingerprint density at radius 3 is 2.75 bits per heavy atom. The van der Waals surface area contributed by atoms with E-state index in [-0.39, 0.29) is 5.91 Å². The summed E-state index contributed by atoms with van der Waals surface area (Å²) in [5, 5.41) is 15.4. The van der Waals surface area contributed by atoms with E-state index in [9.17, 15) is 4.79 Å². The summed E-state index contributed by atoms with van der Waals surface area (Å²) in [7, 11) is 0. The smallest absolute Gasteiger partial charge is 0.277 e. The molecule has 3 aromatic rings. The molecule has 1 aliphatic rings. The lowest BCUT2D eigenvalue weighted by atomic mass is 9.99. The maximum Gasteiger partial charge on any atom is 0.277 e. The van der Waals surface area contributed by atoms with E-state index in [1.165, 1.54) is 11.8 Å². The van der Waals surface area contributed by atoms with Gasteiger partial charge in [-0.15, -0.1) is 10.2 Å². The van der Waals surface area contributed by atoms with Gasteiger partial charge in [0.2, 0.25) is 11.9 Å². The summed E-state index contributed by atoms with van der Waals surface area (Å²) in [6, 6.07) is 7.59. The maximum absolute atomic E-state index is 12.2. The fourth-order valence-electron chi connectivity index (χ4n) is 2.97. The molecule has 9 nitrogen and oxygen atoms in total. The Hall–Kier alpha value is -3.01. The summed E-state index contributed by atoms with van der Waals surface area (Å²) >= 11 is 1.46. The highest BCUT2D eigenvalue weighted by Gasteiger charge is 2.20. The van der Waals surface area contributed by atoms with Gasteiger partial charge in [-0.25, -0.2) is 9.39 Å². The van der Waals surface area contributed by atoms with Crippen LogP contribution in [0.3, 0.4) is 0 Å². The van der Waals surface area contributed by atoms with Crippen molar-refractivity contribution in [2.24, 2.45) is 4.99 Å². The van der Waals surface area contributed by atoms with Gasteiger partial charge in [0.15, 0.2) is 5.16 Å². The van der Waals surface area contributed by atoms with Crippen LogP contribution in [0.25, 0.3) is 5.78 Å². The van der Waals surface area contributed by atoms with E-state index in [0.29, 0.717) is 53.7 Å². The molecule has 4 rings (SSSR count). The number of benzene rings is 1. The van der Waals surface area contributed by atoms with Crippen molar-refractivity contribution in [1.82, 2.24) is 24.6 Å². The Morgan fingerprint density at radius 2 is 1.93 bits per heavy atom. The Labute approximate surface area is 166 Å². The zero-order valence-corrected chi connectivity index (χ0v) is 16.5. The van der Waals surface area contributed by atoms with E-state index in [2.05, 4.69) is 35.8 Å². The number of aliphatic imine (C=N–C) groups is 1. The maximum atomic E-state index is 12.2. The van der Waals surface area contributed by atoms with Crippen molar-refractivity contribution in [3.63, 3.8) is 0 Å². The number of anilines is 2. The second kappa shape index (κ2) is 7.93. The van der Waals surface area contributed by atoms with Crippen molar-refractivity contribution in [1.29, 1.82) is 0 Å². The van der Waals surface area contributed by atoms with Crippen molar-refractivity contribution < 1.29 is 4.79 Å². The molecule has 0 radical (unpaired) electrons. The molecule has 0 spiro atoms. The van der Waals surface area contributed by atoms with Gasteiger partial charge < -0.3 is 10.6 Å². The minimum Gasteiger partial charge on any atom is -0.355 e. The van der Waals surface area contributed by atoms with Crippen LogP contribution >= 0.6 is 11.8 Å². The van der Waals surface area contributed by atoms with Crippen molar-refractivity contribution in [3.8, 4) is 0 Å². The number of nitrogens with one attached hydrogen (secondary N) is 2. The first-order valence-corrected chi connectivity index (χ1v) is 10.1. The van der Waals surface area contributed by atoms with Crippen LogP contribution in [0.4, 0.5) is 11.9 Å². The van der Waals surface area contributed by atoms with Gasteiger partial charge in [0.25, 0.3) is 11.7 Å². The Morgan fingerprint density at radius 1 is 1.11 bits per heavy atom. The van der Waals surface area contributed by atoms with E-state index in [1.807, 2.05) is 38.1 Å². The van der Waals surface area contributed by atoms with Crippen LogP contribution in [0.15, 0.2) is 34.4 Å². The molecule has 1 aliphatic heterocycles. The van der Waals surface area contributed by atoms with Gasteiger partial charge >= 0.3 is 0 Å². The normalized spacial score (nSPS) is 13.4. The summed E-state index contributed by atoms with van der Waals surface area (Å²) in [6.45, 7) is 5.40. The molecule has 10 heteroatoms. The van der Waals surface area contributed by atoms with E-state index < -0.39 is 0 Å². The molecule has 144 valence electrons. The molecular weight excluding hydrogens is 376 g/mol. The quantitative estimate of drug-likeness (QED) is 0.586. The third kappa shape index (κ3) is 3.55. The van der Waals surface area contributed by atoms with Crippen LogP contribution in [-0.2, 0) is 6.42 Å². The monoisotopic (exact) mass is 396 g/mol. The van der Waals surface area contributed by atoms with Crippen LogP contribution < -0.4 is 10.6 Å². The molecule has 2 aromatic heterocycles. The summed E-state index contributed by atoms with van der Waals surface area (Å²) in [5.74, 6) is 1.96. The average molecular weight is 396 g/mol. The van der Waals surface area contributed by atoms with Gasteiger partial charge in [-0.1, -0.05) is 30.0 Å². The summed E-state index contributed by atoms with van der Waals surface area (Å²) in [6.07, 6.45) is 0.660. The molecule has 28 heavy (non-hydrogen) atoms. The number of amides is 1. The van der Waals surface area contributed by atoms with Crippen molar-refractivity contribution in [2.75, 3.05) is 29.5 Å². The SMILES string of the molecule is CCNc1nc(NCC)n2c(SCC3=NC(=O)c4ccccc4C3)nnc2n1. The molecule has 0 aliphatic carbocycles. The number of nitrogens with zero attached hydrogens (tertiary/aromatic N) is 6. The van der Waals surface area contributed by atoms with Gasteiger partial charge in [0, 0.05) is 36.5 Å². The number of carbonyl (C=O) groups is 1. The van der Waals surface area contributed by atoms with Gasteiger partial charge in [-0.2, -0.15) is 9.97 Å². The molecular formula is C18H20N8OS. The zero-order valence-electron chi connectivity index (χ0n) is 15.6. The highest BCUT2D eigenvalue weighted by atomic mass is 32.2. The van der Waals surface area contributed by atoms with Gasteiger partial charge in [-0.05, 0) is 25.5 Å². The highest BCUT2D eigenvalue weighted by Crippen LogP contribution is 2.24. The minimum absolute atomic E-state index is 0.185. The lowest BCUT2D eigenvalue weighted by molar-refractivity contribution is 0.1000. The van der Waals surface area contributed by atoms with Crippen molar-refractivity contribution in [3.05, 3.63) is 35.4 Å².